The number of hydrogen-bond acceptors (Lipinski definition) is 3. The van der Waals surface area contributed by atoms with E-state index in [-0.39, 0.29) is 5.91 Å². The van der Waals surface area contributed by atoms with Gasteiger partial charge in [-0.1, -0.05) is 36.4 Å². The second kappa shape index (κ2) is 8.82. The number of benzene rings is 3. The summed E-state index contributed by atoms with van der Waals surface area (Å²) in [6.45, 7) is 0. The van der Waals surface area contributed by atoms with Crippen LogP contribution in [0.25, 0.3) is 11.8 Å². The third-order valence-corrected chi connectivity index (χ3v) is 5.79. The molecule has 0 aliphatic carbocycles. The number of rotatable bonds is 5. The van der Waals surface area contributed by atoms with Gasteiger partial charge in [-0.3, -0.25) is 9.69 Å². The number of carbonyl (C=O) groups is 1. The predicted octanol–water partition coefficient (Wildman–Crippen LogP) is 6.00. The van der Waals surface area contributed by atoms with Crippen molar-refractivity contribution in [3.05, 3.63) is 100 Å². The van der Waals surface area contributed by atoms with Gasteiger partial charge in [0.2, 0.25) is 0 Å². The lowest BCUT2D eigenvalue weighted by atomic mass is 10.1. The second-order valence-corrected chi connectivity index (χ2v) is 8.29. The van der Waals surface area contributed by atoms with E-state index in [0.29, 0.717) is 5.57 Å². The quantitative estimate of drug-likeness (QED) is 0.425. The first-order chi connectivity index (χ1) is 15.0. The molecule has 3 aromatic rings. The molecular weight excluding hydrogens is 452 g/mol. The van der Waals surface area contributed by atoms with Gasteiger partial charge in [0.1, 0.15) is 5.75 Å². The van der Waals surface area contributed by atoms with E-state index in [2.05, 4.69) is 15.9 Å². The summed E-state index contributed by atoms with van der Waals surface area (Å²) < 4.78 is 6.15. The summed E-state index contributed by atoms with van der Waals surface area (Å²) >= 11 is 3.52. The van der Waals surface area contributed by atoms with Crippen LogP contribution in [0.5, 0.6) is 5.75 Å². The Balaban J connectivity index is 1.77. The van der Waals surface area contributed by atoms with Crippen molar-refractivity contribution in [3.8, 4) is 5.75 Å². The standard InChI is InChI=1S/C26H23BrN2O2/c1-28(2)21-10-12-22(13-11-21)29-24(19-7-5-4-6-8-19)17-20(26(29)30)15-18-9-14-25(31-3)23(27)16-18/h4-17H,1-3H3/b20-15-. The lowest BCUT2D eigenvalue weighted by Gasteiger charge is -2.22. The summed E-state index contributed by atoms with van der Waals surface area (Å²) in [6.07, 6.45) is 3.86. The fourth-order valence-electron chi connectivity index (χ4n) is 3.54. The minimum atomic E-state index is -0.0524. The molecule has 0 bridgehead atoms. The summed E-state index contributed by atoms with van der Waals surface area (Å²) in [5.41, 5.74) is 5.33. The smallest absolute Gasteiger partial charge is 0.262 e. The van der Waals surface area contributed by atoms with Gasteiger partial charge >= 0.3 is 0 Å². The Bertz CT molecular complexity index is 1170. The zero-order chi connectivity index (χ0) is 22.0. The number of ether oxygens (including phenoxy) is 1. The van der Waals surface area contributed by atoms with Crippen LogP contribution in [0.2, 0.25) is 0 Å². The molecule has 1 aliphatic rings. The maximum atomic E-state index is 13.5. The Morgan fingerprint density at radius 1 is 0.968 bits per heavy atom. The molecule has 0 saturated heterocycles. The number of halogens is 1. The molecule has 0 saturated carbocycles. The van der Waals surface area contributed by atoms with Gasteiger partial charge < -0.3 is 9.64 Å². The van der Waals surface area contributed by atoms with E-state index >= 15 is 0 Å². The minimum Gasteiger partial charge on any atom is -0.496 e. The van der Waals surface area contributed by atoms with Crippen molar-refractivity contribution in [2.75, 3.05) is 31.0 Å². The lowest BCUT2D eigenvalue weighted by molar-refractivity contribution is -0.113. The minimum absolute atomic E-state index is 0.0524. The molecule has 1 amide bonds. The van der Waals surface area contributed by atoms with Gasteiger partial charge in [-0.2, -0.15) is 0 Å². The number of methoxy groups -OCH3 is 1. The van der Waals surface area contributed by atoms with Crippen molar-refractivity contribution >= 4 is 45.0 Å². The molecule has 5 heteroatoms. The average molecular weight is 475 g/mol. The van der Waals surface area contributed by atoms with Crippen LogP contribution in [-0.2, 0) is 4.79 Å². The maximum absolute atomic E-state index is 13.5. The van der Waals surface area contributed by atoms with Crippen LogP contribution in [0.15, 0.2) is 88.9 Å². The Morgan fingerprint density at radius 3 is 2.29 bits per heavy atom. The zero-order valence-corrected chi connectivity index (χ0v) is 19.3. The van der Waals surface area contributed by atoms with Gasteiger partial charge in [0.05, 0.1) is 17.3 Å². The number of anilines is 2. The van der Waals surface area contributed by atoms with E-state index in [0.717, 1.165) is 38.4 Å². The third kappa shape index (κ3) is 4.28. The van der Waals surface area contributed by atoms with Gasteiger partial charge in [0, 0.05) is 31.0 Å². The molecule has 0 fully saturated rings. The van der Waals surface area contributed by atoms with Gasteiger partial charge in [0.15, 0.2) is 0 Å². The summed E-state index contributed by atoms with van der Waals surface area (Å²) in [7, 11) is 5.63. The van der Waals surface area contributed by atoms with Crippen molar-refractivity contribution < 1.29 is 9.53 Å². The van der Waals surface area contributed by atoms with Crippen LogP contribution in [0, 0.1) is 0 Å². The van der Waals surface area contributed by atoms with Gasteiger partial charge in [-0.25, -0.2) is 0 Å². The van der Waals surface area contributed by atoms with Crippen LogP contribution in [-0.4, -0.2) is 27.1 Å². The Hall–Kier alpha value is -3.31. The van der Waals surface area contributed by atoms with Crippen LogP contribution in [0.3, 0.4) is 0 Å². The predicted molar refractivity (Wildman–Crippen MR) is 131 cm³/mol. The van der Waals surface area contributed by atoms with E-state index in [1.54, 1.807) is 12.0 Å². The summed E-state index contributed by atoms with van der Waals surface area (Å²) in [5, 5.41) is 0. The van der Waals surface area contributed by atoms with Crippen LogP contribution in [0.1, 0.15) is 11.1 Å². The molecule has 3 aromatic carbocycles. The molecule has 0 aromatic heterocycles. The Labute approximate surface area is 191 Å². The molecule has 0 atom stereocenters. The van der Waals surface area contributed by atoms with Crippen molar-refractivity contribution in [2.45, 2.75) is 0 Å². The molecule has 156 valence electrons. The van der Waals surface area contributed by atoms with E-state index in [1.165, 1.54) is 0 Å². The van der Waals surface area contributed by atoms with Gasteiger partial charge in [-0.05, 0) is 75.6 Å². The molecule has 31 heavy (non-hydrogen) atoms. The third-order valence-electron chi connectivity index (χ3n) is 5.18. The number of amides is 1. The number of nitrogens with zero attached hydrogens (tertiary/aromatic N) is 2. The van der Waals surface area contributed by atoms with Crippen molar-refractivity contribution in [1.29, 1.82) is 0 Å². The zero-order valence-electron chi connectivity index (χ0n) is 17.7. The number of hydrogen-bond donors (Lipinski definition) is 0. The van der Waals surface area contributed by atoms with Crippen molar-refractivity contribution in [3.63, 3.8) is 0 Å². The summed E-state index contributed by atoms with van der Waals surface area (Å²) in [5.74, 6) is 0.700. The van der Waals surface area contributed by atoms with Crippen LogP contribution < -0.4 is 14.5 Å². The fraction of sp³-hybridized carbons (Fsp3) is 0.115. The first kappa shape index (κ1) is 20.9. The fourth-order valence-corrected chi connectivity index (χ4v) is 4.10. The highest BCUT2D eigenvalue weighted by molar-refractivity contribution is 9.10. The number of carbonyl (C=O) groups excluding carboxylic acids is 1. The van der Waals surface area contributed by atoms with E-state index in [9.17, 15) is 4.79 Å². The summed E-state index contributed by atoms with van der Waals surface area (Å²) in [4.78, 5) is 17.3. The maximum Gasteiger partial charge on any atom is 0.262 e. The van der Waals surface area contributed by atoms with Crippen molar-refractivity contribution in [2.24, 2.45) is 0 Å². The van der Waals surface area contributed by atoms with E-state index < -0.39 is 0 Å². The van der Waals surface area contributed by atoms with Crippen LogP contribution >= 0.6 is 15.9 Å². The molecule has 0 radical (unpaired) electrons. The molecule has 4 rings (SSSR count). The molecular formula is C26H23BrN2O2. The molecule has 4 nitrogen and oxygen atoms in total. The lowest BCUT2D eigenvalue weighted by Crippen LogP contribution is -2.25. The first-order valence-electron chi connectivity index (χ1n) is 9.92. The van der Waals surface area contributed by atoms with Gasteiger partial charge in [0.25, 0.3) is 5.91 Å². The Kier molecular flexibility index (Phi) is 5.96. The van der Waals surface area contributed by atoms with E-state index in [1.807, 2.05) is 104 Å². The molecule has 0 N–H and O–H groups in total. The molecule has 0 spiro atoms. The molecule has 0 unspecified atom stereocenters. The molecule has 1 aliphatic heterocycles. The van der Waals surface area contributed by atoms with Crippen LogP contribution in [0.4, 0.5) is 11.4 Å². The Morgan fingerprint density at radius 2 is 1.68 bits per heavy atom. The van der Waals surface area contributed by atoms with E-state index in [4.69, 9.17) is 4.74 Å². The normalized spacial score (nSPS) is 14.7. The first-order valence-corrected chi connectivity index (χ1v) is 10.7. The van der Waals surface area contributed by atoms with Gasteiger partial charge in [-0.15, -0.1) is 0 Å². The monoisotopic (exact) mass is 474 g/mol. The van der Waals surface area contributed by atoms with Crippen molar-refractivity contribution in [1.82, 2.24) is 0 Å². The second-order valence-electron chi connectivity index (χ2n) is 7.44. The largest absolute Gasteiger partial charge is 0.496 e. The molecule has 1 heterocycles. The average Bonchev–Trinajstić information content (AvgIpc) is 3.10. The highest BCUT2D eigenvalue weighted by Crippen LogP contribution is 2.36. The topological polar surface area (TPSA) is 32.8 Å². The summed E-state index contributed by atoms with van der Waals surface area (Å²) in [6, 6.07) is 23.8. The highest BCUT2D eigenvalue weighted by Gasteiger charge is 2.30. The SMILES string of the molecule is COc1ccc(/C=C2/C=C(c3ccccc3)N(c3ccc(N(C)C)cc3)C2=O)cc1Br. The highest BCUT2D eigenvalue weighted by atomic mass is 79.9.